The minimum atomic E-state index is -0.0692. The number of fused-ring (bicyclic) bond motifs is 1. The lowest BCUT2D eigenvalue weighted by Crippen LogP contribution is -2.25. The summed E-state index contributed by atoms with van der Waals surface area (Å²) in [6.45, 7) is 2.09. The van der Waals surface area contributed by atoms with Gasteiger partial charge in [-0.2, -0.15) is 0 Å². The van der Waals surface area contributed by atoms with Crippen LogP contribution in [0.25, 0.3) is 16.7 Å². The maximum atomic E-state index is 12.0. The topological polar surface area (TPSA) is 29.4 Å². The van der Waals surface area contributed by atoms with Gasteiger partial charge in [0, 0.05) is 10.8 Å². The zero-order valence-corrected chi connectivity index (χ0v) is 10.9. The van der Waals surface area contributed by atoms with Gasteiger partial charge in [0.05, 0.1) is 5.36 Å². The predicted octanol–water partition coefficient (Wildman–Crippen LogP) is 2.46. The fourth-order valence-electron chi connectivity index (χ4n) is 2.57. The van der Waals surface area contributed by atoms with E-state index in [2.05, 4.69) is 30.1 Å². The Hall–Kier alpha value is -2.22. The minimum Gasteiger partial charge on any atom is -0.267 e. The van der Waals surface area contributed by atoms with Crippen LogP contribution in [0.4, 0.5) is 0 Å². The lowest BCUT2D eigenvalue weighted by molar-refractivity contribution is -0.112. The number of benzene rings is 2. The summed E-state index contributed by atoms with van der Waals surface area (Å²) >= 11 is 0. The van der Waals surface area contributed by atoms with Crippen molar-refractivity contribution in [1.29, 1.82) is 0 Å². The summed E-state index contributed by atoms with van der Waals surface area (Å²) < 4.78 is 0. The molecule has 19 heavy (non-hydrogen) atoms. The Morgan fingerprint density at radius 1 is 1.00 bits per heavy atom. The third kappa shape index (κ3) is 1.99. The molecule has 0 saturated carbocycles. The Morgan fingerprint density at radius 2 is 1.79 bits per heavy atom. The summed E-state index contributed by atoms with van der Waals surface area (Å²) in [5.41, 5.74) is 3.10. The van der Waals surface area contributed by atoms with Crippen LogP contribution in [0.15, 0.2) is 53.5 Å². The van der Waals surface area contributed by atoms with Crippen molar-refractivity contribution in [2.24, 2.45) is 4.99 Å². The quantitative estimate of drug-likeness (QED) is 0.821. The van der Waals surface area contributed by atoms with E-state index in [1.54, 1.807) is 0 Å². The van der Waals surface area contributed by atoms with Crippen molar-refractivity contribution in [2.45, 2.75) is 19.8 Å². The number of carbonyl (C=O) groups excluding carboxylic acids is 1. The molecule has 2 aromatic carbocycles. The molecule has 0 bridgehead atoms. The van der Waals surface area contributed by atoms with Crippen molar-refractivity contribution in [1.82, 2.24) is 0 Å². The van der Waals surface area contributed by atoms with Crippen molar-refractivity contribution < 1.29 is 4.79 Å². The van der Waals surface area contributed by atoms with Gasteiger partial charge in [-0.25, -0.2) is 4.99 Å². The normalized spacial score (nSPS) is 13.3. The van der Waals surface area contributed by atoms with Crippen LogP contribution < -0.4 is 10.6 Å². The van der Waals surface area contributed by atoms with Crippen LogP contribution in [0.1, 0.15) is 19.8 Å². The van der Waals surface area contributed by atoms with Crippen molar-refractivity contribution in [3.63, 3.8) is 0 Å². The first-order valence-corrected chi connectivity index (χ1v) is 6.62. The zero-order chi connectivity index (χ0) is 13.2. The Labute approximate surface area is 112 Å². The van der Waals surface area contributed by atoms with Crippen molar-refractivity contribution in [3.8, 4) is 11.1 Å². The van der Waals surface area contributed by atoms with E-state index in [0.29, 0.717) is 0 Å². The van der Waals surface area contributed by atoms with Crippen molar-refractivity contribution in [2.75, 3.05) is 0 Å². The van der Waals surface area contributed by atoms with E-state index in [-0.39, 0.29) is 5.91 Å². The van der Waals surface area contributed by atoms with Gasteiger partial charge >= 0.3 is 0 Å². The van der Waals surface area contributed by atoms with E-state index in [4.69, 9.17) is 0 Å². The highest BCUT2D eigenvalue weighted by atomic mass is 16.1. The summed E-state index contributed by atoms with van der Waals surface area (Å²) in [5, 5.41) is 1.84. The fraction of sp³-hybridized carbons (Fsp3) is 0.176. The molecule has 0 atom stereocenters. The van der Waals surface area contributed by atoms with E-state index in [0.717, 1.165) is 40.1 Å². The monoisotopic (exact) mass is 249 g/mol. The Balaban J connectivity index is 2.35. The molecule has 0 N–H and O–H groups in total. The van der Waals surface area contributed by atoms with E-state index in [1.807, 2.05) is 30.3 Å². The maximum absolute atomic E-state index is 12.0. The van der Waals surface area contributed by atoms with Crippen LogP contribution in [-0.2, 0) is 4.79 Å². The highest BCUT2D eigenvalue weighted by Gasteiger charge is 2.17. The SMILES string of the molecule is CCCC1=c2c(-c3ccccc3)cccc2=NC1=O. The van der Waals surface area contributed by atoms with Crippen LogP contribution >= 0.6 is 0 Å². The molecule has 0 fully saturated rings. The molecular weight excluding hydrogens is 234 g/mol. The van der Waals surface area contributed by atoms with Gasteiger partial charge in [0.1, 0.15) is 0 Å². The van der Waals surface area contributed by atoms with Crippen LogP contribution in [0.3, 0.4) is 0 Å². The Morgan fingerprint density at radius 3 is 2.53 bits per heavy atom. The molecule has 0 aliphatic carbocycles. The standard InChI is InChI=1S/C17H15NO/c1-2-7-14-16-13(12-8-4-3-5-9-12)10-6-11-15(16)18-17(14)19/h3-6,8-11H,2,7H2,1H3. The molecule has 0 spiro atoms. The highest BCUT2D eigenvalue weighted by molar-refractivity contribution is 6.16. The van der Waals surface area contributed by atoms with Crippen LogP contribution in [0.2, 0.25) is 0 Å². The average molecular weight is 249 g/mol. The van der Waals surface area contributed by atoms with Crippen LogP contribution in [0, 0.1) is 0 Å². The molecule has 0 aromatic heterocycles. The lowest BCUT2D eigenvalue weighted by Gasteiger charge is -2.03. The fourth-order valence-corrected chi connectivity index (χ4v) is 2.57. The molecule has 1 heterocycles. The van der Waals surface area contributed by atoms with Gasteiger partial charge < -0.3 is 0 Å². The molecular formula is C17H15NO. The predicted molar refractivity (Wildman–Crippen MR) is 76.0 cm³/mol. The van der Waals surface area contributed by atoms with E-state index < -0.39 is 0 Å². The second-order valence-electron chi connectivity index (χ2n) is 4.71. The summed E-state index contributed by atoms with van der Waals surface area (Å²) in [5.74, 6) is -0.0692. The third-order valence-electron chi connectivity index (χ3n) is 3.41. The highest BCUT2D eigenvalue weighted by Crippen LogP contribution is 2.17. The molecule has 2 aromatic rings. The van der Waals surface area contributed by atoms with E-state index in [9.17, 15) is 4.79 Å². The summed E-state index contributed by atoms with van der Waals surface area (Å²) in [4.78, 5) is 16.2. The van der Waals surface area contributed by atoms with Crippen molar-refractivity contribution >= 4 is 11.5 Å². The second-order valence-corrected chi connectivity index (χ2v) is 4.71. The summed E-state index contributed by atoms with van der Waals surface area (Å²) in [7, 11) is 0. The molecule has 3 rings (SSSR count). The molecule has 94 valence electrons. The first kappa shape index (κ1) is 11.8. The van der Waals surface area contributed by atoms with Crippen LogP contribution in [-0.4, -0.2) is 5.91 Å². The zero-order valence-electron chi connectivity index (χ0n) is 10.9. The van der Waals surface area contributed by atoms with Gasteiger partial charge in [-0.15, -0.1) is 0 Å². The molecule has 2 heteroatoms. The van der Waals surface area contributed by atoms with Gasteiger partial charge in [0.15, 0.2) is 0 Å². The number of hydrogen-bond acceptors (Lipinski definition) is 1. The molecule has 1 aliphatic rings. The molecule has 1 aliphatic heterocycles. The smallest absolute Gasteiger partial charge is 0.267 e. The molecule has 0 unspecified atom stereocenters. The second kappa shape index (κ2) is 4.81. The number of hydrogen-bond donors (Lipinski definition) is 0. The van der Waals surface area contributed by atoms with E-state index in [1.165, 1.54) is 0 Å². The summed E-state index contributed by atoms with van der Waals surface area (Å²) in [6, 6.07) is 16.1. The number of amides is 1. The van der Waals surface area contributed by atoms with Gasteiger partial charge in [-0.1, -0.05) is 55.8 Å². The van der Waals surface area contributed by atoms with Crippen LogP contribution in [0.5, 0.6) is 0 Å². The Kier molecular flexibility index (Phi) is 3.00. The molecule has 0 saturated heterocycles. The van der Waals surface area contributed by atoms with Crippen molar-refractivity contribution in [3.05, 3.63) is 59.1 Å². The largest absolute Gasteiger partial charge is 0.274 e. The lowest BCUT2D eigenvalue weighted by atomic mass is 9.99. The number of nitrogens with zero attached hydrogens (tertiary/aromatic N) is 1. The first-order chi connectivity index (χ1) is 9.31. The van der Waals surface area contributed by atoms with Gasteiger partial charge in [-0.3, -0.25) is 4.79 Å². The summed E-state index contributed by atoms with van der Waals surface area (Å²) in [6.07, 6.45) is 1.75. The Bertz CT molecular complexity index is 745. The van der Waals surface area contributed by atoms with Gasteiger partial charge in [0.2, 0.25) is 0 Å². The number of rotatable bonds is 3. The molecule has 2 nitrogen and oxygen atoms in total. The van der Waals surface area contributed by atoms with Gasteiger partial charge in [0.25, 0.3) is 5.91 Å². The number of carbonyl (C=O) groups is 1. The third-order valence-corrected chi connectivity index (χ3v) is 3.41. The minimum absolute atomic E-state index is 0.0692. The molecule has 1 amide bonds. The molecule has 0 radical (unpaired) electrons. The first-order valence-electron chi connectivity index (χ1n) is 6.62. The average Bonchev–Trinajstić information content (AvgIpc) is 2.76. The van der Waals surface area contributed by atoms with E-state index >= 15 is 0 Å². The van der Waals surface area contributed by atoms with Gasteiger partial charge in [-0.05, 0) is 23.6 Å². The maximum Gasteiger partial charge on any atom is 0.274 e.